The number of anilines is 1. The minimum atomic E-state index is -3.68. The van der Waals surface area contributed by atoms with Crippen molar-refractivity contribution in [3.63, 3.8) is 0 Å². The van der Waals surface area contributed by atoms with E-state index in [9.17, 15) is 8.42 Å². The van der Waals surface area contributed by atoms with Crippen LogP contribution in [0.2, 0.25) is 0 Å². The van der Waals surface area contributed by atoms with Gasteiger partial charge in [0.15, 0.2) is 0 Å². The molecule has 0 amide bonds. The smallest absolute Gasteiger partial charge is 0.262 e. The Balaban J connectivity index is 1.71. The first-order chi connectivity index (χ1) is 13.3. The van der Waals surface area contributed by atoms with Gasteiger partial charge in [0.25, 0.3) is 10.0 Å². The number of sulfonamides is 1. The van der Waals surface area contributed by atoms with Crippen LogP contribution in [0.1, 0.15) is 16.8 Å². The van der Waals surface area contributed by atoms with E-state index in [1.54, 1.807) is 37.4 Å². The molecule has 0 unspecified atom stereocenters. The van der Waals surface area contributed by atoms with Crippen LogP contribution in [0.5, 0.6) is 0 Å². The van der Waals surface area contributed by atoms with E-state index in [0.717, 1.165) is 22.5 Å². The Bertz CT molecular complexity index is 1290. The molecule has 1 N–H and O–H groups in total. The standard InChI is InChI=1S/C21H20N4O2S/c1-14-8-9-19(15(2)12-14)28(26,27)24-18-7-4-6-17(13-18)20-16(3)25-11-5-10-22-21(25)23-20/h4-13,24H,1-3H3. The highest BCUT2D eigenvalue weighted by molar-refractivity contribution is 7.92. The van der Waals surface area contributed by atoms with Crippen molar-refractivity contribution in [2.45, 2.75) is 25.7 Å². The van der Waals surface area contributed by atoms with Gasteiger partial charge in [-0.25, -0.2) is 18.4 Å². The van der Waals surface area contributed by atoms with Gasteiger partial charge in [0.2, 0.25) is 5.78 Å². The molecule has 2 heterocycles. The summed E-state index contributed by atoms with van der Waals surface area (Å²) in [6.45, 7) is 5.70. The lowest BCUT2D eigenvalue weighted by atomic mass is 10.1. The molecule has 142 valence electrons. The fourth-order valence-corrected chi connectivity index (χ4v) is 4.59. The summed E-state index contributed by atoms with van der Waals surface area (Å²) in [5, 5.41) is 0. The molecule has 0 aliphatic heterocycles. The van der Waals surface area contributed by atoms with E-state index in [4.69, 9.17) is 0 Å². The topological polar surface area (TPSA) is 76.4 Å². The quantitative estimate of drug-likeness (QED) is 0.567. The number of benzene rings is 2. The van der Waals surface area contributed by atoms with Crippen LogP contribution in [0.3, 0.4) is 0 Å². The molecule has 0 saturated carbocycles. The first-order valence-electron chi connectivity index (χ1n) is 8.85. The maximum atomic E-state index is 12.8. The van der Waals surface area contributed by atoms with Crippen molar-refractivity contribution in [2.24, 2.45) is 0 Å². The molecule has 0 fully saturated rings. The molecular formula is C21H20N4O2S. The molecule has 4 aromatic rings. The average Bonchev–Trinajstić information content (AvgIpc) is 2.98. The molecular weight excluding hydrogens is 372 g/mol. The highest BCUT2D eigenvalue weighted by Crippen LogP contribution is 2.27. The number of hydrogen-bond donors (Lipinski definition) is 1. The SMILES string of the molecule is Cc1ccc(S(=O)(=O)Nc2cccc(-c3nc4ncccn4c3C)c2)c(C)c1. The highest BCUT2D eigenvalue weighted by atomic mass is 32.2. The van der Waals surface area contributed by atoms with Gasteiger partial charge in [-0.1, -0.05) is 29.8 Å². The van der Waals surface area contributed by atoms with E-state index in [2.05, 4.69) is 14.7 Å². The molecule has 4 rings (SSSR count). The molecule has 6 nitrogen and oxygen atoms in total. The van der Waals surface area contributed by atoms with E-state index >= 15 is 0 Å². The van der Waals surface area contributed by atoms with Crippen LogP contribution in [0.25, 0.3) is 17.0 Å². The van der Waals surface area contributed by atoms with E-state index < -0.39 is 10.0 Å². The zero-order valence-electron chi connectivity index (χ0n) is 15.8. The number of nitrogens with zero attached hydrogens (tertiary/aromatic N) is 3. The first-order valence-corrected chi connectivity index (χ1v) is 10.3. The Hall–Kier alpha value is -3.19. The molecule has 0 aliphatic carbocycles. The molecule has 0 spiro atoms. The zero-order chi connectivity index (χ0) is 19.9. The Morgan fingerprint density at radius 2 is 1.82 bits per heavy atom. The lowest BCUT2D eigenvalue weighted by Crippen LogP contribution is -2.14. The van der Waals surface area contributed by atoms with E-state index in [0.29, 0.717) is 17.0 Å². The molecule has 0 radical (unpaired) electrons. The lowest BCUT2D eigenvalue weighted by molar-refractivity contribution is 0.600. The highest BCUT2D eigenvalue weighted by Gasteiger charge is 2.18. The lowest BCUT2D eigenvalue weighted by Gasteiger charge is -2.12. The zero-order valence-corrected chi connectivity index (χ0v) is 16.7. The summed E-state index contributed by atoms with van der Waals surface area (Å²) in [6.07, 6.45) is 3.60. The summed E-state index contributed by atoms with van der Waals surface area (Å²) in [6, 6.07) is 14.4. The fourth-order valence-electron chi connectivity index (χ4n) is 3.32. The van der Waals surface area contributed by atoms with Crippen LogP contribution in [0.15, 0.2) is 65.8 Å². The summed E-state index contributed by atoms with van der Waals surface area (Å²) in [5.41, 5.74) is 4.76. The second-order valence-corrected chi connectivity index (χ2v) is 8.44. The van der Waals surface area contributed by atoms with Crippen molar-refractivity contribution < 1.29 is 8.42 Å². The van der Waals surface area contributed by atoms with Gasteiger partial charge < -0.3 is 0 Å². The largest absolute Gasteiger partial charge is 0.288 e. The van der Waals surface area contributed by atoms with Gasteiger partial charge in [-0.2, -0.15) is 0 Å². The normalized spacial score (nSPS) is 11.7. The van der Waals surface area contributed by atoms with Crippen molar-refractivity contribution in [3.05, 3.63) is 77.7 Å². The Labute approximate surface area is 164 Å². The predicted octanol–water partition coefficient (Wildman–Crippen LogP) is 4.12. The molecule has 0 saturated heterocycles. The van der Waals surface area contributed by atoms with Crippen molar-refractivity contribution in [1.29, 1.82) is 0 Å². The van der Waals surface area contributed by atoms with Gasteiger partial charge in [-0.3, -0.25) is 9.12 Å². The number of aryl methyl sites for hydroxylation is 3. The maximum absolute atomic E-state index is 12.8. The van der Waals surface area contributed by atoms with Gasteiger partial charge in [-0.05, 0) is 50.6 Å². The molecule has 0 atom stereocenters. The van der Waals surface area contributed by atoms with Gasteiger partial charge >= 0.3 is 0 Å². The summed E-state index contributed by atoms with van der Waals surface area (Å²) in [7, 11) is -3.68. The molecule has 0 aliphatic rings. The van der Waals surface area contributed by atoms with Gasteiger partial charge in [-0.15, -0.1) is 0 Å². The second-order valence-electron chi connectivity index (χ2n) is 6.79. The molecule has 0 bridgehead atoms. The average molecular weight is 392 g/mol. The number of fused-ring (bicyclic) bond motifs is 1. The Kier molecular flexibility index (Phi) is 4.39. The summed E-state index contributed by atoms with van der Waals surface area (Å²) in [4.78, 5) is 9.12. The maximum Gasteiger partial charge on any atom is 0.262 e. The predicted molar refractivity (Wildman–Crippen MR) is 110 cm³/mol. The van der Waals surface area contributed by atoms with Crippen LogP contribution in [-0.2, 0) is 10.0 Å². The molecule has 7 heteroatoms. The summed E-state index contributed by atoms with van der Waals surface area (Å²) < 4.78 is 30.3. The monoisotopic (exact) mass is 392 g/mol. The first kappa shape index (κ1) is 18.2. The van der Waals surface area contributed by atoms with Crippen LogP contribution in [0, 0.1) is 20.8 Å². The molecule has 28 heavy (non-hydrogen) atoms. The van der Waals surface area contributed by atoms with Crippen LogP contribution >= 0.6 is 0 Å². The molecule has 2 aromatic carbocycles. The van der Waals surface area contributed by atoms with Gasteiger partial charge in [0.1, 0.15) is 0 Å². The Morgan fingerprint density at radius 3 is 2.57 bits per heavy atom. The minimum Gasteiger partial charge on any atom is -0.288 e. The fraction of sp³-hybridized carbons (Fsp3) is 0.143. The Morgan fingerprint density at radius 1 is 1.00 bits per heavy atom. The van der Waals surface area contributed by atoms with Gasteiger partial charge in [0, 0.05) is 29.3 Å². The van der Waals surface area contributed by atoms with Crippen molar-refractivity contribution >= 4 is 21.5 Å². The third kappa shape index (κ3) is 3.25. The van der Waals surface area contributed by atoms with Gasteiger partial charge in [0.05, 0.1) is 10.6 Å². The van der Waals surface area contributed by atoms with Crippen molar-refractivity contribution in [1.82, 2.24) is 14.4 Å². The van der Waals surface area contributed by atoms with Crippen LogP contribution in [-0.4, -0.2) is 22.8 Å². The number of imidazole rings is 1. The van der Waals surface area contributed by atoms with Crippen molar-refractivity contribution in [2.75, 3.05) is 4.72 Å². The molecule has 2 aromatic heterocycles. The van der Waals surface area contributed by atoms with E-state index in [-0.39, 0.29) is 4.90 Å². The number of aromatic nitrogens is 3. The van der Waals surface area contributed by atoms with Crippen molar-refractivity contribution in [3.8, 4) is 11.3 Å². The number of rotatable bonds is 4. The third-order valence-electron chi connectivity index (χ3n) is 4.65. The third-order valence-corrected chi connectivity index (χ3v) is 6.19. The van der Waals surface area contributed by atoms with Crippen LogP contribution < -0.4 is 4.72 Å². The second kappa shape index (κ2) is 6.76. The number of hydrogen-bond acceptors (Lipinski definition) is 4. The van der Waals surface area contributed by atoms with E-state index in [1.165, 1.54) is 0 Å². The minimum absolute atomic E-state index is 0.275. The number of nitrogens with one attached hydrogen (secondary N) is 1. The summed E-state index contributed by atoms with van der Waals surface area (Å²) in [5.74, 6) is 0.608. The van der Waals surface area contributed by atoms with E-state index in [1.807, 2.05) is 48.7 Å². The summed E-state index contributed by atoms with van der Waals surface area (Å²) >= 11 is 0. The van der Waals surface area contributed by atoms with Crippen LogP contribution in [0.4, 0.5) is 5.69 Å².